The molecule has 0 saturated carbocycles. The number of carbonyl (C=O) groups is 1. The van der Waals surface area contributed by atoms with E-state index in [9.17, 15) is 4.79 Å². The molecule has 1 aromatic rings. The summed E-state index contributed by atoms with van der Waals surface area (Å²) in [6.45, 7) is 3.22. The van der Waals surface area contributed by atoms with Crippen LogP contribution < -0.4 is 5.32 Å². The van der Waals surface area contributed by atoms with E-state index in [1.807, 2.05) is 6.07 Å². The Kier molecular flexibility index (Phi) is 4.15. The molecule has 0 amide bonds. The average molecular weight is 249 g/mol. The molecule has 18 heavy (non-hydrogen) atoms. The maximum absolute atomic E-state index is 11.3. The fourth-order valence-corrected chi connectivity index (χ4v) is 2.21. The van der Waals surface area contributed by atoms with Crippen molar-refractivity contribution >= 4 is 11.7 Å². The molecule has 0 aromatic carbocycles. The van der Waals surface area contributed by atoms with Gasteiger partial charge in [0.1, 0.15) is 5.69 Å². The predicted molar refractivity (Wildman–Crippen MR) is 69.7 cm³/mol. The summed E-state index contributed by atoms with van der Waals surface area (Å²) in [7, 11) is 3.50. The van der Waals surface area contributed by atoms with Gasteiger partial charge in [-0.05, 0) is 38.1 Å². The number of pyridine rings is 1. The molecule has 1 aliphatic heterocycles. The quantitative estimate of drug-likeness (QED) is 0.813. The van der Waals surface area contributed by atoms with Gasteiger partial charge in [0.15, 0.2) is 0 Å². The topological polar surface area (TPSA) is 54.5 Å². The van der Waals surface area contributed by atoms with Crippen LogP contribution in [0.1, 0.15) is 16.9 Å². The first-order valence-corrected chi connectivity index (χ1v) is 6.16. The Balaban J connectivity index is 1.91. The molecule has 5 heteroatoms. The second-order valence-corrected chi connectivity index (χ2v) is 4.72. The summed E-state index contributed by atoms with van der Waals surface area (Å²) in [6, 6.07) is 3.59. The average Bonchev–Trinajstić information content (AvgIpc) is 2.81. The number of esters is 1. The van der Waals surface area contributed by atoms with Gasteiger partial charge in [-0.1, -0.05) is 0 Å². The first-order valence-electron chi connectivity index (χ1n) is 6.16. The smallest absolute Gasteiger partial charge is 0.356 e. The minimum atomic E-state index is -0.403. The highest BCUT2D eigenvalue weighted by atomic mass is 16.5. The van der Waals surface area contributed by atoms with Gasteiger partial charge in [-0.3, -0.25) is 0 Å². The van der Waals surface area contributed by atoms with Gasteiger partial charge in [0.05, 0.1) is 7.11 Å². The number of anilines is 1. The van der Waals surface area contributed by atoms with Gasteiger partial charge in [0, 0.05) is 25.0 Å². The van der Waals surface area contributed by atoms with Crippen molar-refractivity contribution < 1.29 is 9.53 Å². The van der Waals surface area contributed by atoms with Crippen molar-refractivity contribution in [3.63, 3.8) is 0 Å². The summed E-state index contributed by atoms with van der Waals surface area (Å²) >= 11 is 0. The predicted octanol–water partition coefficient (Wildman–Crippen LogP) is 1.23. The van der Waals surface area contributed by atoms with E-state index in [1.165, 1.54) is 13.5 Å². The van der Waals surface area contributed by atoms with E-state index in [0.29, 0.717) is 11.6 Å². The molecular formula is C13H19N3O2. The van der Waals surface area contributed by atoms with Crippen LogP contribution in [0, 0.1) is 5.92 Å². The Bertz CT molecular complexity index is 422. The van der Waals surface area contributed by atoms with E-state index in [2.05, 4.69) is 27.0 Å². The molecule has 0 bridgehead atoms. The van der Waals surface area contributed by atoms with Crippen molar-refractivity contribution in [1.82, 2.24) is 9.88 Å². The molecule has 5 nitrogen and oxygen atoms in total. The lowest BCUT2D eigenvalue weighted by Gasteiger charge is -2.12. The van der Waals surface area contributed by atoms with Gasteiger partial charge in [0.2, 0.25) is 0 Å². The molecule has 1 aromatic heterocycles. The second-order valence-electron chi connectivity index (χ2n) is 4.72. The number of likely N-dealkylation sites (tertiary alicyclic amines) is 1. The van der Waals surface area contributed by atoms with Gasteiger partial charge in [-0.15, -0.1) is 0 Å². The van der Waals surface area contributed by atoms with Crippen LogP contribution in [-0.4, -0.2) is 49.6 Å². The van der Waals surface area contributed by atoms with Crippen LogP contribution in [0.15, 0.2) is 18.3 Å². The molecule has 98 valence electrons. The molecule has 2 rings (SSSR count). The highest BCUT2D eigenvalue weighted by Crippen LogP contribution is 2.16. The Morgan fingerprint density at radius 1 is 1.67 bits per heavy atom. The second kappa shape index (κ2) is 5.82. The third-order valence-electron chi connectivity index (χ3n) is 3.24. The number of rotatable bonds is 4. The lowest BCUT2D eigenvalue weighted by atomic mass is 10.1. The van der Waals surface area contributed by atoms with Crippen molar-refractivity contribution in [1.29, 1.82) is 0 Å². The van der Waals surface area contributed by atoms with Crippen LogP contribution >= 0.6 is 0 Å². The van der Waals surface area contributed by atoms with Gasteiger partial charge in [-0.2, -0.15) is 0 Å². The molecule has 1 aliphatic rings. The van der Waals surface area contributed by atoms with E-state index in [0.717, 1.165) is 25.3 Å². The number of nitrogens with one attached hydrogen (secondary N) is 1. The number of ether oxygens (including phenoxy) is 1. The van der Waals surface area contributed by atoms with Crippen molar-refractivity contribution in [2.75, 3.05) is 39.1 Å². The van der Waals surface area contributed by atoms with Crippen molar-refractivity contribution in [3.05, 3.63) is 24.0 Å². The maximum atomic E-state index is 11.3. The van der Waals surface area contributed by atoms with Crippen molar-refractivity contribution in [3.8, 4) is 0 Å². The Morgan fingerprint density at radius 2 is 2.50 bits per heavy atom. The summed E-state index contributed by atoms with van der Waals surface area (Å²) in [5.41, 5.74) is 1.26. The van der Waals surface area contributed by atoms with Crippen molar-refractivity contribution in [2.24, 2.45) is 5.92 Å². The summed E-state index contributed by atoms with van der Waals surface area (Å²) in [4.78, 5) is 17.7. The van der Waals surface area contributed by atoms with Gasteiger partial charge in [0.25, 0.3) is 0 Å². The summed E-state index contributed by atoms with van der Waals surface area (Å²) in [5, 5.41) is 3.35. The monoisotopic (exact) mass is 249 g/mol. The molecule has 1 atom stereocenters. The van der Waals surface area contributed by atoms with Gasteiger partial charge in [-0.25, -0.2) is 9.78 Å². The minimum Gasteiger partial charge on any atom is -0.464 e. The lowest BCUT2D eigenvalue weighted by molar-refractivity contribution is 0.0594. The molecule has 0 aliphatic carbocycles. The van der Waals surface area contributed by atoms with Crippen LogP contribution in [0.4, 0.5) is 5.69 Å². The fourth-order valence-electron chi connectivity index (χ4n) is 2.21. The molecule has 0 radical (unpaired) electrons. The van der Waals surface area contributed by atoms with E-state index in [-0.39, 0.29) is 0 Å². The van der Waals surface area contributed by atoms with Crippen LogP contribution in [0.25, 0.3) is 0 Å². The molecule has 1 unspecified atom stereocenters. The minimum absolute atomic E-state index is 0.339. The molecule has 1 saturated heterocycles. The number of hydrogen-bond acceptors (Lipinski definition) is 5. The Labute approximate surface area is 107 Å². The van der Waals surface area contributed by atoms with E-state index in [1.54, 1.807) is 12.3 Å². The van der Waals surface area contributed by atoms with Crippen LogP contribution in [0.3, 0.4) is 0 Å². The SMILES string of the molecule is COC(=O)c1cc(NCC2CCN(C)C2)ccn1. The van der Waals surface area contributed by atoms with E-state index in [4.69, 9.17) is 0 Å². The Morgan fingerprint density at radius 3 is 3.17 bits per heavy atom. The van der Waals surface area contributed by atoms with Crippen LogP contribution in [0.5, 0.6) is 0 Å². The zero-order valence-corrected chi connectivity index (χ0v) is 10.8. The summed E-state index contributed by atoms with van der Waals surface area (Å²) < 4.78 is 4.65. The molecule has 1 fully saturated rings. The molecular weight excluding hydrogens is 230 g/mol. The molecule has 1 N–H and O–H groups in total. The summed E-state index contributed by atoms with van der Waals surface area (Å²) in [6.07, 6.45) is 2.84. The number of aromatic nitrogens is 1. The van der Waals surface area contributed by atoms with Gasteiger partial charge >= 0.3 is 5.97 Å². The number of methoxy groups -OCH3 is 1. The zero-order chi connectivity index (χ0) is 13.0. The third-order valence-corrected chi connectivity index (χ3v) is 3.24. The highest BCUT2D eigenvalue weighted by molar-refractivity contribution is 5.88. The lowest BCUT2D eigenvalue weighted by Crippen LogP contribution is -2.19. The molecule has 0 spiro atoms. The van der Waals surface area contributed by atoms with Crippen LogP contribution in [-0.2, 0) is 4.74 Å². The first-order chi connectivity index (χ1) is 8.69. The normalized spacial score (nSPS) is 19.8. The number of hydrogen-bond donors (Lipinski definition) is 1. The highest BCUT2D eigenvalue weighted by Gasteiger charge is 2.19. The first kappa shape index (κ1) is 12.8. The molecule has 2 heterocycles. The Hall–Kier alpha value is -1.62. The largest absolute Gasteiger partial charge is 0.464 e. The fraction of sp³-hybridized carbons (Fsp3) is 0.538. The number of carbonyl (C=O) groups excluding carboxylic acids is 1. The zero-order valence-electron chi connectivity index (χ0n) is 10.8. The number of nitrogens with zero attached hydrogens (tertiary/aromatic N) is 2. The van der Waals surface area contributed by atoms with Crippen LogP contribution in [0.2, 0.25) is 0 Å². The standard InChI is InChI=1S/C13H19N3O2/c1-16-6-4-10(9-16)8-15-11-3-5-14-12(7-11)13(17)18-2/h3,5,7,10H,4,6,8-9H2,1-2H3,(H,14,15). The third kappa shape index (κ3) is 3.20. The van der Waals surface area contributed by atoms with E-state index < -0.39 is 5.97 Å². The van der Waals surface area contributed by atoms with E-state index >= 15 is 0 Å². The summed E-state index contributed by atoms with van der Waals surface area (Å²) in [5.74, 6) is 0.268. The maximum Gasteiger partial charge on any atom is 0.356 e. The van der Waals surface area contributed by atoms with Crippen molar-refractivity contribution in [2.45, 2.75) is 6.42 Å². The van der Waals surface area contributed by atoms with Gasteiger partial charge < -0.3 is 15.0 Å².